The first kappa shape index (κ1) is 24.7. The summed E-state index contributed by atoms with van der Waals surface area (Å²) in [6.07, 6.45) is 2.27. The van der Waals surface area contributed by atoms with Gasteiger partial charge < -0.3 is 19.5 Å². The fourth-order valence-corrected chi connectivity index (χ4v) is 3.75. The van der Waals surface area contributed by atoms with Gasteiger partial charge in [0.25, 0.3) is 5.91 Å². The Hall–Kier alpha value is -4.40. The second-order valence-electron chi connectivity index (χ2n) is 8.24. The van der Waals surface area contributed by atoms with Crippen LogP contribution in [0.2, 0.25) is 0 Å². The Balaban J connectivity index is 1.41. The van der Waals surface area contributed by atoms with Crippen molar-refractivity contribution in [2.24, 2.45) is 0 Å². The van der Waals surface area contributed by atoms with Crippen LogP contribution in [-0.4, -0.2) is 56.0 Å². The zero-order valence-electron chi connectivity index (χ0n) is 20.2. The van der Waals surface area contributed by atoms with Gasteiger partial charge in [0.2, 0.25) is 5.91 Å². The van der Waals surface area contributed by atoms with Gasteiger partial charge in [-0.25, -0.2) is 0 Å². The zero-order valence-corrected chi connectivity index (χ0v) is 20.2. The molecule has 3 aromatic rings. The van der Waals surface area contributed by atoms with E-state index < -0.39 is 0 Å². The lowest BCUT2D eigenvalue weighted by molar-refractivity contribution is -0.125. The summed E-state index contributed by atoms with van der Waals surface area (Å²) in [7, 11) is 1.53. The minimum atomic E-state index is -0.368. The first-order valence-electron chi connectivity index (χ1n) is 11.5. The van der Waals surface area contributed by atoms with E-state index in [0.717, 1.165) is 11.3 Å². The van der Waals surface area contributed by atoms with Gasteiger partial charge in [-0.1, -0.05) is 12.1 Å². The number of nitrogens with one attached hydrogen (secondary N) is 1. The quantitative estimate of drug-likeness (QED) is 0.437. The molecular formula is C27H27N3O6. The van der Waals surface area contributed by atoms with Gasteiger partial charge in [-0.15, -0.1) is 0 Å². The topological polar surface area (TPSA) is 107 Å². The molecule has 0 saturated heterocycles. The van der Waals surface area contributed by atoms with Crippen molar-refractivity contribution in [3.05, 3.63) is 77.6 Å². The smallest absolute Gasteiger partial charge is 0.265 e. The maximum absolute atomic E-state index is 12.9. The number of hydrogen-bond acceptors (Lipinski definition) is 7. The molecule has 2 heterocycles. The molecule has 2 aromatic carbocycles. The summed E-state index contributed by atoms with van der Waals surface area (Å²) in [4.78, 5) is 43.5. The summed E-state index contributed by atoms with van der Waals surface area (Å²) in [6.45, 7) is 1.73. The third-order valence-corrected chi connectivity index (χ3v) is 5.63. The summed E-state index contributed by atoms with van der Waals surface area (Å²) in [6, 6.07) is 15.8. The third kappa shape index (κ3) is 5.99. The summed E-state index contributed by atoms with van der Waals surface area (Å²) in [5.74, 6) is 0.433. The number of carbonyl (C=O) groups excluding carboxylic acids is 3. The summed E-state index contributed by atoms with van der Waals surface area (Å²) in [5.41, 5.74) is 2.56. The summed E-state index contributed by atoms with van der Waals surface area (Å²) < 4.78 is 16.5. The number of benzene rings is 2. The van der Waals surface area contributed by atoms with E-state index in [4.69, 9.17) is 14.2 Å². The van der Waals surface area contributed by atoms with Crippen LogP contribution in [0, 0.1) is 6.92 Å². The Morgan fingerprint density at radius 1 is 1.11 bits per heavy atom. The van der Waals surface area contributed by atoms with Crippen LogP contribution in [-0.2, 0) is 16.0 Å². The van der Waals surface area contributed by atoms with E-state index in [0.29, 0.717) is 41.5 Å². The second-order valence-corrected chi connectivity index (χ2v) is 8.24. The third-order valence-electron chi connectivity index (χ3n) is 5.63. The molecule has 0 atom stereocenters. The lowest BCUT2D eigenvalue weighted by Crippen LogP contribution is -2.45. The number of Topliss-reactive ketones (excluding diaryl/α,β-unsaturated/α-hetero) is 1. The lowest BCUT2D eigenvalue weighted by atomic mass is 10.1. The Morgan fingerprint density at radius 3 is 2.75 bits per heavy atom. The fraction of sp³-hybridized carbons (Fsp3) is 0.259. The number of amides is 2. The van der Waals surface area contributed by atoms with Crippen molar-refractivity contribution in [2.45, 2.75) is 13.3 Å². The van der Waals surface area contributed by atoms with Crippen LogP contribution in [0.15, 0.2) is 60.8 Å². The van der Waals surface area contributed by atoms with Gasteiger partial charge in [-0.3, -0.25) is 24.3 Å². The average Bonchev–Trinajstić information content (AvgIpc) is 2.89. The molecule has 0 radical (unpaired) electrons. The molecule has 0 unspecified atom stereocenters. The Morgan fingerprint density at radius 2 is 1.97 bits per heavy atom. The molecule has 4 rings (SSSR count). The molecule has 0 fully saturated rings. The van der Waals surface area contributed by atoms with E-state index in [1.54, 1.807) is 30.5 Å². The van der Waals surface area contributed by atoms with Gasteiger partial charge in [0, 0.05) is 30.4 Å². The maximum atomic E-state index is 12.9. The molecule has 36 heavy (non-hydrogen) atoms. The molecule has 9 nitrogen and oxygen atoms in total. The highest BCUT2D eigenvalue weighted by Gasteiger charge is 2.28. The largest absolute Gasteiger partial charge is 0.493 e. The number of hydrogen-bond donors (Lipinski definition) is 1. The number of ketones is 1. The van der Waals surface area contributed by atoms with E-state index in [1.807, 2.05) is 37.3 Å². The molecule has 0 spiro atoms. The molecule has 9 heteroatoms. The van der Waals surface area contributed by atoms with Crippen molar-refractivity contribution in [1.29, 1.82) is 0 Å². The van der Waals surface area contributed by atoms with Crippen LogP contribution >= 0.6 is 0 Å². The fourth-order valence-electron chi connectivity index (χ4n) is 3.75. The lowest BCUT2D eigenvalue weighted by Gasteiger charge is -2.29. The SMILES string of the molecule is COc1cc(C)ccc1OCC(=O)c1ccc2c(c1)N(CC(=O)NCCc1ccccn1)C(=O)CO2. The molecule has 1 aliphatic rings. The number of nitrogens with zero attached hydrogens (tertiary/aromatic N) is 2. The van der Waals surface area contributed by atoms with Crippen molar-refractivity contribution in [3.8, 4) is 17.2 Å². The molecule has 2 amide bonds. The highest BCUT2D eigenvalue weighted by Crippen LogP contribution is 2.33. The highest BCUT2D eigenvalue weighted by molar-refractivity contribution is 6.04. The predicted octanol–water partition coefficient (Wildman–Crippen LogP) is 2.74. The van der Waals surface area contributed by atoms with Crippen LogP contribution in [0.3, 0.4) is 0 Å². The van der Waals surface area contributed by atoms with Gasteiger partial charge in [0.05, 0.1) is 12.8 Å². The molecule has 1 aliphatic heterocycles. The Bertz CT molecular complexity index is 1260. The average molecular weight is 490 g/mol. The highest BCUT2D eigenvalue weighted by atomic mass is 16.5. The number of ether oxygens (including phenoxy) is 3. The second kappa shape index (κ2) is 11.4. The number of methoxy groups -OCH3 is 1. The zero-order chi connectivity index (χ0) is 25.5. The van der Waals surface area contributed by atoms with Gasteiger partial charge >= 0.3 is 0 Å². The number of carbonyl (C=O) groups is 3. The van der Waals surface area contributed by atoms with E-state index in [2.05, 4.69) is 10.3 Å². The molecule has 186 valence electrons. The molecular weight excluding hydrogens is 462 g/mol. The number of aromatic nitrogens is 1. The van der Waals surface area contributed by atoms with Crippen LogP contribution in [0.1, 0.15) is 21.6 Å². The number of pyridine rings is 1. The van der Waals surface area contributed by atoms with E-state index >= 15 is 0 Å². The number of fused-ring (bicyclic) bond motifs is 1. The van der Waals surface area contributed by atoms with Crippen molar-refractivity contribution < 1.29 is 28.6 Å². The predicted molar refractivity (Wildman–Crippen MR) is 133 cm³/mol. The van der Waals surface area contributed by atoms with Gasteiger partial charge in [0.15, 0.2) is 30.5 Å². The van der Waals surface area contributed by atoms with Crippen molar-refractivity contribution in [1.82, 2.24) is 10.3 Å². The van der Waals surface area contributed by atoms with Crippen molar-refractivity contribution >= 4 is 23.3 Å². The molecule has 1 aromatic heterocycles. The Labute approximate surface area is 209 Å². The molecule has 1 N–H and O–H groups in total. The van der Waals surface area contributed by atoms with Gasteiger partial charge in [-0.05, 0) is 55.0 Å². The number of aryl methyl sites for hydroxylation is 1. The summed E-state index contributed by atoms with van der Waals surface area (Å²) >= 11 is 0. The number of anilines is 1. The van der Waals surface area contributed by atoms with Gasteiger partial charge in [-0.2, -0.15) is 0 Å². The van der Waals surface area contributed by atoms with Crippen LogP contribution in [0.5, 0.6) is 17.2 Å². The van der Waals surface area contributed by atoms with Gasteiger partial charge in [0.1, 0.15) is 12.3 Å². The maximum Gasteiger partial charge on any atom is 0.265 e. The monoisotopic (exact) mass is 489 g/mol. The first-order chi connectivity index (χ1) is 17.4. The summed E-state index contributed by atoms with van der Waals surface area (Å²) in [5, 5.41) is 2.81. The standard InChI is InChI=1S/C27H27N3O6/c1-18-6-8-24(25(13-18)34-2)35-16-22(31)19-7-9-23-21(14-19)30(27(33)17-36-23)15-26(32)29-12-10-20-5-3-4-11-28-20/h3-9,11,13-14H,10,12,15-17H2,1-2H3,(H,29,32). The molecule has 0 aliphatic carbocycles. The van der Waals surface area contributed by atoms with Crippen LogP contribution in [0.4, 0.5) is 5.69 Å². The van der Waals surface area contributed by atoms with Crippen molar-refractivity contribution in [3.63, 3.8) is 0 Å². The molecule has 0 bridgehead atoms. The van der Waals surface area contributed by atoms with Crippen LogP contribution < -0.4 is 24.4 Å². The van der Waals surface area contributed by atoms with E-state index in [-0.39, 0.29) is 37.4 Å². The minimum Gasteiger partial charge on any atom is -0.493 e. The number of rotatable bonds is 10. The van der Waals surface area contributed by atoms with Crippen molar-refractivity contribution in [2.75, 3.05) is 38.3 Å². The Kier molecular flexibility index (Phi) is 7.79. The van der Waals surface area contributed by atoms with E-state index in [1.165, 1.54) is 12.0 Å². The molecule has 0 saturated carbocycles. The van der Waals surface area contributed by atoms with E-state index in [9.17, 15) is 14.4 Å². The minimum absolute atomic E-state index is 0.183. The van der Waals surface area contributed by atoms with Crippen LogP contribution in [0.25, 0.3) is 0 Å². The normalized spacial score (nSPS) is 12.4. The first-order valence-corrected chi connectivity index (χ1v) is 11.5.